The Bertz CT molecular complexity index is 1320. The first-order chi connectivity index (χ1) is 15.0. The number of rotatable bonds is 4. The van der Waals surface area contributed by atoms with Gasteiger partial charge in [-0.2, -0.15) is 0 Å². The Morgan fingerprint density at radius 3 is 2.32 bits per heavy atom. The summed E-state index contributed by atoms with van der Waals surface area (Å²) in [6, 6.07) is 18.9. The third kappa shape index (κ3) is 4.73. The predicted octanol–water partition coefficient (Wildman–Crippen LogP) is 7.11. The normalized spacial score (nSPS) is 10.6. The molecule has 0 saturated heterocycles. The number of hydrogen-bond donors (Lipinski definition) is 0. The van der Waals surface area contributed by atoms with E-state index in [0.717, 1.165) is 17.2 Å². The van der Waals surface area contributed by atoms with Gasteiger partial charge in [0.25, 0.3) is 0 Å². The molecule has 0 aliphatic carbocycles. The Labute approximate surface area is 179 Å². The van der Waals surface area contributed by atoms with E-state index in [1.807, 2.05) is 13.0 Å². The van der Waals surface area contributed by atoms with Crippen LogP contribution in [0.25, 0.3) is 21.9 Å². The van der Waals surface area contributed by atoms with Gasteiger partial charge in [0.1, 0.15) is 23.2 Å². The minimum atomic E-state index is -0.529. The second kappa shape index (κ2) is 8.97. The number of halogens is 3. The molecule has 4 heteroatoms. The van der Waals surface area contributed by atoms with Crippen LogP contribution in [-0.4, -0.2) is 6.61 Å². The summed E-state index contributed by atoms with van der Waals surface area (Å²) in [4.78, 5) is 0. The molecule has 0 aliphatic rings. The Kier molecular flexibility index (Phi) is 5.95. The van der Waals surface area contributed by atoms with Gasteiger partial charge in [-0.1, -0.05) is 37.0 Å². The smallest absolute Gasteiger partial charge is 0.139 e. The lowest BCUT2D eigenvalue weighted by Gasteiger charge is -2.08. The van der Waals surface area contributed by atoms with Crippen LogP contribution in [0.3, 0.4) is 0 Å². The van der Waals surface area contributed by atoms with Crippen molar-refractivity contribution in [3.63, 3.8) is 0 Å². The van der Waals surface area contributed by atoms with Crippen molar-refractivity contribution in [1.82, 2.24) is 0 Å². The molecular formula is C27H19F3O. The fraction of sp³-hybridized carbons (Fsp3) is 0.111. The summed E-state index contributed by atoms with van der Waals surface area (Å²) in [5, 5.41) is 1.63. The van der Waals surface area contributed by atoms with Crippen molar-refractivity contribution in [3.8, 4) is 28.7 Å². The summed E-state index contributed by atoms with van der Waals surface area (Å²) in [6.07, 6.45) is 0.828. The molecule has 0 amide bonds. The number of hydrogen-bond acceptors (Lipinski definition) is 1. The molecule has 0 N–H and O–H groups in total. The first-order valence-corrected chi connectivity index (χ1v) is 9.97. The first-order valence-electron chi connectivity index (χ1n) is 9.97. The molecule has 0 fully saturated rings. The summed E-state index contributed by atoms with van der Waals surface area (Å²) in [7, 11) is 0. The van der Waals surface area contributed by atoms with Crippen LogP contribution in [0.5, 0.6) is 5.75 Å². The largest absolute Gasteiger partial charge is 0.494 e. The molecule has 0 atom stereocenters. The predicted molar refractivity (Wildman–Crippen MR) is 117 cm³/mol. The van der Waals surface area contributed by atoms with Gasteiger partial charge in [0.15, 0.2) is 0 Å². The monoisotopic (exact) mass is 416 g/mol. The van der Waals surface area contributed by atoms with Crippen molar-refractivity contribution in [2.24, 2.45) is 0 Å². The maximum atomic E-state index is 14.6. The standard InChI is InChI=1S/C27H19F3O/c1-2-13-31-24-11-12-25(27(30)17-24)22-8-7-19(26(29)16-22)5-3-18-4-6-21-15-23(28)10-9-20(21)14-18/h4,6-12,14-17H,2,13H2,1H3. The number of ether oxygens (including phenoxy) is 1. The molecule has 0 aromatic heterocycles. The highest BCUT2D eigenvalue weighted by Gasteiger charge is 2.10. The lowest BCUT2D eigenvalue weighted by atomic mass is 10.0. The maximum absolute atomic E-state index is 14.6. The van der Waals surface area contributed by atoms with Gasteiger partial charge >= 0.3 is 0 Å². The molecular weight excluding hydrogens is 397 g/mol. The van der Waals surface area contributed by atoms with Gasteiger partial charge < -0.3 is 4.74 Å². The minimum Gasteiger partial charge on any atom is -0.494 e. The SMILES string of the molecule is CCCOc1ccc(-c2ccc(C#Cc3ccc4cc(F)ccc4c3)c(F)c2)c(F)c1. The fourth-order valence-corrected chi connectivity index (χ4v) is 3.26. The van der Waals surface area contributed by atoms with Gasteiger partial charge in [0.2, 0.25) is 0 Å². The second-order valence-electron chi connectivity index (χ2n) is 7.14. The fourth-order valence-electron chi connectivity index (χ4n) is 3.26. The van der Waals surface area contributed by atoms with Gasteiger partial charge in [0, 0.05) is 17.2 Å². The summed E-state index contributed by atoms with van der Waals surface area (Å²) in [6.45, 7) is 2.48. The van der Waals surface area contributed by atoms with E-state index < -0.39 is 11.6 Å². The van der Waals surface area contributed by atoms with Crippen molar-refractivity contribution >= 4 is 10.8 Å². The highest BCUT2D eigenvalue weighted by molar-refractivity contribution is 5.84. The van der Waals surface area contributed by atoms with Gasteiger partial charge in [0.05, 0.1) is 12.2 Å². The third-order valence-electron chi connectivity index (χ3n) is 4.84. The molecule has 0 aliphatic heterocycles. The number of fused-ring (bicyclic) bond motifs is 1. The van der Waals surface area contributed by atoms with Crippen LogP contribution < -0.4 is 4.74 Å². The van der Waals surface area contributed by atoms with Crippen LogP contribution in [0.1, 0.15) is 24.5 Å². The van der Waals surface area contributed by atoms with E-state index in [2.05, 4.69) is 11.8 Å². The Morgan fingerprint density at radius 2 is 1.55 bits per heavy atom. The van der Waals surface area contributed by atoms with Crippen LogP contribution in [0, 0.1) is 29.3 Å². The molecule has 154 valence electrons. The number of benzene rings is 4. The van der Waals surface area contributed by atoms with Gasteiger partial charge in [-0.3, -0.25) is 0 Å². The molecule has 0 saturated carbocycles. The molecule has 31 heavy (non-hydrogen) atoms. The average molecular weight is 416 g/mol. The zero-order valence-electron chi connectivity index (χ0n) is 16.9. The minimum absolute atomic E-state index is 0.214. The van der Waals surface area contributed by atoms with Crippen molar-refractivity contribution in [2.75, 3.05) is 6.61 Å². The molecule has 0 unspecified atom stereocenters. The first kappa shape index (κ1) is 20.6. The Hall–Kier alpha value is -3.71. The van der Waals surface area contributed by atoms with E-state index >= 15 is 0 Å². The highest BCUT2D eigenvalue weighted by atomic mass is 19.1. The lowest BCUT2D eigenvalue weighted by Crippen LogP contribution is -1.96. The van der Waals surface area contributed by atoms with Crippen molar-refractivity contribution < 1.29 is 17.9 Å². The van der Waals surface area contributed by atoms with Gasteiger partial charge in [-0.05, 0) is 71.3 Å². The van der Waals surface area contributed by atoms with Crippen LogP contribution in [0.4, 0.5) is 13.2 Å². The van der Waals surface area contributed by atoms with E-state index in [4.69, 9.17) is 4.74 Å². The van der Waals surface area contributed by atoms with Crippen LogP contribution in [0.2, 0.25) is 0 Å². The lowest BCUT2D eigenvalue weighted by molar-refractivity contribution is 0.316. The molecule has 1 nitrogen and oxygen atoms in total. The molecule has 0 bridgehead atoms. The van der Waals surface area contributed by atoms with Gasteiger partial charge in [-0.25, -0.2) is 13.2 Å². The molecule has 0 spiro atoms. The van der Waals surface area contributed by atoms with Crippen LogP contribution in [0.15, 0.2) is 72.8 Å². The van der Waals surface area contributed by atoms with Crippen LogP contribution in [-0.2, 0) is 0 Å². The Morgan fingerprint density at radius 1 is 0.742 bits per heavy atom. The third-order valence-corrected chi connectivity index (χ3v) is 4.84. The van der Waals surface area contributed by atoms with E-state index in [-0.39, 0.29) is 11.4 Å². The van der Waals surface area contributed by atoms with Crippen molar-refractivity contribution in [1.29, 1.82) is 0 Å². The maximum Gasteiger partial charge on any atom is 0.139 e. The van der Waals surface area contributed by atoms with Crippen molar-refractivity contribution in [2.45, 2.75) is 13.3 Å². The van der Waals surface area contributed by atoms with E-state index in [1.54, 1.807) is 36.4 Å². The zero-order chi connectivity index (χ0) is 21.8. The van der Waals surface area contributed by atoms with E-state index in [1.165, 1.54) is 30.3 Å². The van der Waals surface area contributed by atoms with E-state index in [0.29, 0.717) is 29.0 Å². The highest BCUT2D eigenvalue weighted by Crippen LogP contribution is 2.28. The molecule has 0 radical (unpaired) electrons. The topological polar surface area (TPSA) is 9.23 Å². The second-order valence-corrected chi connectivity index (χ2v) is 7.14. The quantitative estimate of drug-likeness (QED) is 0.322. The molecule has 4 aromatic rings. The molecule has 4 aromatic carbocycles. The molecule has 0 heterocycles. The average Bonchev–Trinajstić information content (AvgIpc) is 2.77. The summed E-state index contributed by atoms with van der Waals surface area (Å²) >= 11 is 0. The summed E-state index contributed by atoms with van der Waals surface area (Å²) in [5.74, 6) is 4.90. The zero-order valence-corrected chi connectivity index (χ0v) is 16.9. The molecule has 4 rings (SSSR count). The summed E-state index contributed by atoms with van der Waals surface area (Å²) in [5.41, 5.74) is 1.63. The van der Waals surface area contributed by atoms with Crippen molar-refractivity contribution in [3.05, 3.63) is 101 Å². The van der Waals surface area contributed by atoms with Gasteiger partial charge in [-0.15, -0.1) is 0 Å². The Balaban J connectivity index is 1.58. The summed E-state index contributed by atoms with van der Waals surface area (Å²) < 4.78 is 47.8. The van der Waals surface area contributed by atoms with E-state index in [9.17, 15) is 13.2 Å². The van der Waals surface area contributed by atoms with Crippen LogP contribution >= 0.6 is 0 Å².